The van der Waals surface area contributed by atoms with Crippen LogP contribution in [0.3, 0.4) is 0 Å². The molecule has 0 aliphatic carbocycles. The maximum Gasteiger partial charge on any atom is 0.416 e. The summed E-state index contributed by atoms with van der Waals surface area (Å²) in [4.78, 5) is 0. The van der Waals surface area contributed by atoms with Crippen molar-refractivity contribution in [1.82, 2.24) is 0 Å². The molecule has 0 heterocycles. The number of rotatable bonds is 4. The van der Waals surface area contributed by atoms with E-state index in [1.165, 1.54) is 6.07 Å². The summed E-state index contributed by atoms with van der Waals surface area (Å²) >= 11 is 0. The van der Waals surface area contributed by atoms with Crippen molar-refractivity contribution >= 4 is 6.08 Å². The second-order valence-electron chi connectivity index (χ2n) is 3.55. The first-order chi connectivity index (χ1) is 7.99. The highest BCUT2D eigenvalue weighted by Crippen LogP contribution is 2.30. The standard InChI is InChI=1S/C12H14F3NO/c13-12(14,15)11-5-4-9(3-1-2-6-16)10(7-11)8-17/h1,3-5,7,17H,2,6,8,16H2. The van der Waals surface area contributed by atoms with E-state index in [9.17, 15) is 13.2 Å². The molecule has 1 aromatic rings. The summed E-state index contributed by atoms with van der Waals surface area (Å²) in [6, 6.07) is 3.31. The molecule has 0 aliphatic heterocycles. The molecule has 0 unspecified atom stereocenters. The van der Waals surface area contributed by atoms with Gasteiger partial charge in [0, 0.05) is 0 Å². The van der Waals surface area contributed by atoms with Crippen molar-refractivity contribution in [1.29, 1.82) is 0 Å². The fraction of sp³-hybridized carbons (Fsp3) is 0.333. The van der Waals surface area contributed by atoms with Crippen LogP contribution in [0.1, 0.15) is 23.1 Å². The molecule has 0 bridgehead atoms. The number of aliphatic hydroxyl groups is 1. The van der Waals surface area contributed by atoms with Crippen LogP contribution in [0.25, 0.3) is 6.08 Å². The third-order valence-electron chi connectivity index (χ3n) is 2.27. The lowest BCUT2D eigenvalue weighted by atomic mass is 10.0. The van der Waals surface area contributed by atoms with Crippen molar-refractivity contribution in [3.05, 3.63) is 41.0 Å². The highest BCUT2D eigenvalue weighted by Gasteiger charge is 2.30. The number of hydrogen-bond donors (Lipinski definition) is 2. The van der Waals surface area contributed by atoms with E-state index in [4.69, 9.17) is 10.8 Å². The Morgan fingerprint density at radius 3 is 2.53 bits per heavy atom. The van der Waals surface area contributed by atoms with E-state index in [2.05, 4.69) is 0 Å². The topological polar surface area (TPSA) is 46.2 Å². The Kier molecular flexibility index (Phi) is 4.72. The van der Waals surface area contributed by atoms with Gasteiger partial charge in [-0.25, -0.2) is 0 Å². The average Bonchev–Trinajstić information content (AvgIpc) is 2.28. The number of alkyl halides is 3. The summed E-state index contributed by atoms with van der Waals surface area (Å²) in [6.45, 7) is 0.0534. The van der Waals surface area contributed by atoms with Crippen LogP contribution in [0.15, 0.2) is 24.3 Å². The minimum Gasteiger partial charge on any atom is -0.392 e. The van der Waals surface area contributed by atoms with Gasteiger partial charge in [0.2, 0.25) is 0 Å². The molecule has 0 saturated carbocycles. The molecule has 0 aliphatic rings. The zero-order valence-corrected chi connectivity index (χ0v) is 9.17. The number of halogens is 3. The molecule has 0 saturated heterocycles. The van der Waals surface area contributed by atoms with Gasteiger partial charge in [-0.1, -0.05) is 18.2 Å². The van der Waals surface area contributed by atoms with Crippen molar-refractivity contribution in [2.24, 2.45) is 5.73 Å². The van der Waals surface area contributed by atoms with Crippen molar-refractivity contribution < 1.29 is 18.3 Å². The Labute approximate surface area is 97.6 Å². The van der Waals surface area contributed by atoms with E-state index in [0.29, 0.717) is 18.5 Å². The molecule has 1 rings (SSSR count). The Balaban J connectivity index is 3.01. The normalized spacial score (nSPS) is 12.3. The molecular formula is C12H14F3NO. The minimum atomic E-state index is -4.39. The van der Waals surface area contributed by atoms with Crippen molar-refractivity contribution in [2.45, 2.75) is 19.2 Å². The maximum absolute atomic E-state index is 12.4. The highest BCUT2D eigenvalue weighted by atomic mass is 19.4. The van der Waals surface area contributed by atoms with Gasteiger partial charge in [0.1, 0.15) is 0 Å². The van der Waals surface area contributed by atoms with Crippen LogP contribution >= 0.6 is 0 Å². The predicted molar refractivity (Wildman–Crippen MR) is 60.1 cm³/mol. The Bertz CT molecular complexity index is 399. The number of nitrogens with two attached hydrogens (primary N) is 1. The smallest absolute Gasteiger partial charge is 0.392 e. The van der Waals surface area contributed by atoms with Crippen LogP contribution in [0.2, 0.25) is 0 Å². The SMILES string of the molecule is NCCC=Cc1ccc(C(F)(F)F)cc1CO. The van der Waals surface area contributed by atoms with E-state index in [1.807, 2.05) is 0 Å². The van der Waals surface area contributed by atoms with Crippen molar-refractivity contribution in [3.8, 4) is 0 Å². The summed E-state index contributed by atoms with van der Waals surface area (Å²) in [5.41, 5.74) is 5.38. The molecular weight excluding hydrogens is 231 g/mol. The monoisotopic (exact) mass is 245 g/mol. The molecule has 17 heavy (non-hydrogen) atoms. The molecule has 0 amide bonds. The van der Waals surface area contributed by atoms with Crippen molar-refractivity contribution in [3.63, 3.8) is 0 Å². The van der Waals surface area contributed by atoms with E-state index in [0.717, 1.165) is 12.1 Å². The molecule has 5 heteroatoms. The van der Waals surface area contributed by atoms with Gasteiger partial charge >= 0.3 is 6.18 Å². The molecule has 0 fully saturated rings. The zero-order chi connectivity index (χ0) is 12.9. The molecule has 0 radical (unpaired) electrons. The Hall–Kier alpha value is -1.33. The first-order valence-electron chi connectivity index (χ1n) is 5.16. The fourth-order valence-electron chi connectivity index (χ4n) is 1.39. The first-order valence-corrected chi connectivity index (χ1v) is 5.16. The molecule has 2 nitrogen and oxygen atoms in total. The summed E-state index contributed by atoms with van der Waals surface area (Å²) in [6.07, 6.45) is -0.310. The van der Waals surface area contributed by atoms with Gasteiger partial charge in [0.05, 0.1) is 12.2 Å². The molecule has 0 aromatic heterocycles. The quantitative estimate of drug-likeness (QED) is 0.856. The van der Waals surface area contributed by atoms with Crippen LogP contribution in [-0.4, -0.2) is 11.7 Å². The van der Waals surface area contributed by atoms with Crippen LogP contribution < -0.4 is 5.73 Å². The van der Waals surface area contributed by atoms with Gasteiger partial charge in [0.25, 0.3) is 0 Å². The van der Waals surface area contributed by atoms with Gasteiger partial charge < -0.3 is 10.8 Å². The Morgan fingerprint density at radius 2 is 2.00 bits per heavy atom. The third kappa shape index (κ3) is 3.87. The lowest BCUT2D eigenvalue weighted by Crippen LogP contribution is -2.06. The van der Waals surface area contributed by atoms with Crippen LogP contribution in [-0.2, 0) is 12.8 Å². The summed E-state index contributed by atoms with van der Waals surface area (Å²) < 4.78 is 37.3. The molecule has 94 valence electrons. The Morgan fingerprint density at radius 1 is 1.29 bits per heavy atom. The number of aliphatic hydroxyl groups excluding tert-OH is 1. The van der Waals surface area contributed by atoms with E-state index < -0.39 is 18.3 Å². The molecule has 3 N–H and O–H groups in total. The van der Waals surface area contributed by atoms with Gasteiger partial charge in [-0.3, -0.25) is 0 Å². The summed E-state index contributed by atoms with van der Waals surface area (Å²) in [5, 5.41) is 9.04. The van der Waals surface area contributed by atoms with Gasteiger partial charge in [-0.2, -0.15) is 13.2 Å². The van der Waals surface area contributed by atoms with E-state index >= 15 is 0 Å². The average molecular weight is 245 g/mol. The summed E-state index contributed by atoms with van der Waals surface area (Å²) in [5.74, 6) is 0. The zero-order valence-electron chi connectivity index (χ0n) is 9.17. The fourth-order valence-corrected chi connectivity index (χ4v) is 1.39. The van der Waals surface area contributed by atoms with Gasteiger partial charge in [-0.15, -0.1) is 0 Å². The lowest BCUT2D eigenvalue weighted by Gasteiger charge is -2.10. The second-order valence-corrected chi connectivity index (χ2v) is 3.55. The van der Waals surface area contributed by atoms with E-state index in [-0.39, 0.29) is 5.56 Å². The number of hydrogen-bond acceptors (Lipinski definition) is 2. The first kappa shape index (κ1) is 13.7. The van der Waals surface area contributed by atoms with Gasteiger partial charge in [-0.05, 0) is 36.2 Å². The lowest BCUT2D eigenvalue weighted by molar-refractivity contribution is -0.137. The third-order valence-corrected chi connectivity index (χ3v) is 2.27. The maximum atomic E-state index is 12.4. The molecule has 0 atom stereocenters. The van der Waals surface area contributed by atoms with Crippen molar-refractivity contribution in [2.75, 3.05) is 6.54 Å². The molecule has 0 spiro atoms. The van der Waals surface area contributed by atoms with E-state index in [1.54, 1.807) is 12.2 Å². The van der Waals surface area contributed by atoms with Crippen LogP contribution in [0.5, 0.6) is 0 Å². The van der Waals surface area contributed by atoms with Crippen LogP contribution in [0, 0.1) is 0 Å². The highest BCUT2D eigenvalue weighted by molar-refractivity contribution is 5.54. The second kappa shape index (κ2) is 5.84. The summed E-state index contributed by atoms with van der Waals surface area (Å²) in [7, 11) is 0. The largest absolute Gasteiger partial charge is 0.416 e. The predicted octanol–water partition coefficient (Wildman–Crippen LogP) is 2.56. The molecule has 1 aromatic carbocycles. The van der Waals surface area contributed by atoms with Gasteiger partial charge in [0.15, 0.2) is 0 Å². The van der Waals surface area contributed by atoms with Crippen LogP contribution in [0.4, 0.5) is 13.2 Å². The minimum absolute atomic E-state index is 0.257. The number of benzene rings is 1.